The van der Waals surface area contributed by atoms with Crippen molar-refractivity contribution in [2.24, 2.45) is 0 Å². The zero-order valence-electron chi connectivity index (χ0n) is 20.4. The first-order valence-electron chi connectivity index (χ1n) is 12.2. The Kier molecular flexibility index (Phi) is 5.12. The van der Waals surface area contributed by atoms with Crippen LogP contribution in [0.4, 0.5) is 4.79 Å². The monoisotopic (exact) mass is 509 g/mol. The molecular weight excluding hydrogens is 482 g/mol. The number of phenols is 1. The number of aromatic nitrogens is 5. The maximum Gasteiger partial charge on any atom is 0.421 e. The van der Waals surface area contributed by atoms with Gasteiger partial charge in [-0.25, -0.2) is 24.1 Å². The summed E-state index contributed by atoms with van der Waals surface area (Å²) in [5.74, 6) is 0.220. The Morgan fingerprint density at radius 3 is 2.33 bits per heavy atom. The van der Waals surface area contributed by atoms with E-state index in [1.165, 1.54) is 26.5 Å². The largest absolute Gasteiger partial charge is 0.508 e. The molecule has 0 saturated heterocycles. The maximum atomic E-state index is 13.8. The summed E-state index contributed by atoms with van der Waals surface area (Å²) in [5.41, 5.74) is -0.941. The third-order valence-corrected chi connectivity index (χ3v) is 7.97. The Hall–Kier alpha value is -3.47. The van der Waals surface area contributed by atoms with Gasteiger partial charge in [0.15, 0.2) is 22.0 Å². The third-order valence-electron chi connectivity index (χ3n) is 6.94. The number of hydrogen-bond donors (Lipinski definition) is 1. The number of ether oxygens (including phenoxy) is 1. The highest BCUT2D eigenvalue weighted by Gasteiger charge is 2.35. The summed E-state index contributed by atoms with van der Waals surface area (Å²) in [6.07, 6.45) is 4.31. The van der Waals surface area contributed by atoms with Gasteiger partial charge in [0, 0.05) is 18.2 Å². The molecule has 6 rings (SSSR count). The highest BCUT2D eigenvalue weighted by Crippen LogP contribution is 2.37. The Bertz CT molecular complexity index is 1650. The second-order valence-corrected chi connectivity index (χ2v) is 11.6. The van der Waals surface area contributed by atoms with Crippen molar-refractivity contribution in [2.45, 2.75) is 77.0 Å². The molecule has 0 bridgehead atoms. The fourth-order valence-electron chi connectivity index (χ4n) is 4.76. The van der Waals surface area contributed by atoms with Crippen molar-refractivity contribution in [3.05, 3.63) is 39.0 Å². The minimum atomic E-state index is -0.820. The number of benzene rings is 1. The SMILES string of the molecule is CC(C)(C)OC(=O)n1c(-c2nc3cc(O)ccc3s2)nc2c1c(=O)n(C1CCC1)c(=O)n2C1CCC1. The average molecular weight is 510 g/mol. The number of carbonyl (C=O) groups is 1. The van der Waals surface area contributed by atoms with Crippen molar-refractivity contribution in [1.29, 1.82) is 0 Å². The van der Waals surface area contributed by atoms with Crippen LogP contribution in [0.2, 0.25) is 0 Å². The van der Waals surface area contributed by atoms with E-state index in [0.717, 1.165) is 43.2 Å². The summed E-state index contributed by atoms with van der Waals surface area (Å²) in [4.78, 5) is 50.4. The lowest BCUT2D eigenvalue weighted by atomic mass is 9.92. The average Bonchev–Trinajstić information content (AvgIpc) is 3.31. The minimum Gasteiger partial charge on any atom is -0.508 e. The zero-order chi connectivity index (χ0) is 25.4. The predicted octanol–water partition coefficient (Wildman–Crippen LogP) is 4.58. The van der Waals surface area contributed by atoms with E-state index in [1.807, 2.05) is 0 Å². The van der Waals surface area contributed by atoms with E-state index in [9.17, 15) is 19.5 Å². The number of carbonyl (C=O) groups excluding carboxylic acids is 1. The lowest BCUT2D eigenvalue weighted by Gasteiger charge is -2.31. The maximum absolute atomic E-state index is 13.8. The smallest absolute Gasteiger partial charge is 0.421 e. The number of rotatable bonds is 3. The van der Waals surface area contributed by atoms with Crippen LogP contribution >= 0.6 is 11.3 Å². The molecule has 4 aromatic rings. The van der Waals surface area contributed by atoms with Crippen molar-refractivity contribution in [1.82, 2.24) is 23.7 Å². The van der Waals surface area contributed by atoms with Crippen molar-refractivity contribution in [2.75, 3.05) is 0 Å². The van der Waals surface area contributed by atoms with Gasteiger partial charge in [0.2, 0.25) is 0 Å². The number of aromatic hydroxyl groups is 1. The van der Waals surface area contributed by atoms with E-state index in [0.29, 0.717) is 10.5 Å². The second kappa shape index (κ2) is 8.02. The first-order chi connectivity index (χ1) is 17.1. The van der Waals surface area contributed by atoms with E-state index in [2.05, 4.69) is 4.98 Å². The Morgan fingerprint density at radius 2 is 1.72 bits per heavy atom. The summed E-state index contributed by atoms with van der Waals surface area (Å²) < 4.78 is 10.6. The summed E-state index contributed by atoms with van der Waals surface area (Å²) in [5, 5.41) is 10.3. The number of imidazole rings is 1. The van der Waals surface area contributed by atoms with Crippen LogP contribution in [-0.4, -0.2) is 40.5 Å². The topological polar surface area (TPSA) is 121 Å². The molecule has 188 valence electrons. The molecule has 0 unspecified atom stereocenters. The number of phenolic OH excluding ortho intramolecular Hbond substituents is 1. The lowest BCUT2D eigenvalue weighted by molar-refractivity contribution is 0.0546. The van der Waals surface area contributed by atoms with Gasteiger partial charge in [-0.3, -0.25) is 13.9 Å². The fraction of sp³-hybridized carbons (Fsp3) is 0.480. The Balaban J connectivity index is 1.69. The second-order valence-electron chi connectivity index (χ2n) is 10.6. The van der Waals surface area contributed by atoms with Crippen molar-refractivity contribution in [3.63, 3.8) is 0 Å². The molecule has 36 heavy (non-hydrogen) atoms. The normalized spacial score (nSPS) is 16.9. The molecule has 1 N–H and O–H groups in total. The molecule has 10 nitrogen and oxygen atoms in total. The van der Waals surface area contributed by atoms with Gasteiger partial charge in [0.1, 0.15) is 11.4 Å². The number of hydrogen-bond acceptors (Lipinski definition) is 8. The molecule has 0 amide bonds. The van der Waals surface area contributed by atoms with Crippen LogP contribution in [0.5, 0.6) is 5.75 Å². The molecule has 3 heterocycles. The van der Waals surface area contributed by atoms with Crippen LogP contribution in [0.3, 0.4) is 0 Å². The number of fused-ring (bicyclic) bond motifs is 2. The first kappa shape index (κ1) is 23.0. The molecule has 3 aromatic heterocycles. The van der Waals surface area contributed by atoms with Gasteiger partial charge in [-0.1, -0.05) is 0 Å². The van der Waals surface area contributed by atoms with Gasteiger partial charge in [-0.2, -0.15) is 0 Å². The van der Waals surface area contributed by atoms with E-state index >= 15 is 0 Å². The molecule has 0 aliphatic heterocycles. The lowest BCUT2D eigenvalue weighted by Crippen LogP contribution is -2.46. The van der Waals surface area contributed by atoms with Gasteiger partial charge < -0.3 is 9.84 Å². The standard InChI is InChI=1S/C25H27N5O5S/c1-25(2,3)35-24(34)30-18-19(27-20(30)21-26-16-12-15(31)10-11-17(16)36-21)28(13-6-4-7-13)23(33)29(22(18)32)14-8-5-9-14/h10-14,31H,4-9H2,1-3H3. The van der Waals surface area contributed by atoms with Crippen LogP contribution in [0, 0.1) is 0 Å². The molecule has 0 spiro atoms. The molecule has 1 aromatic carbocycles. The van der Waals surface area contributed by atoms with Gasteiger partial charge in [0.05, 0.1) is 10.2 Å². The molecule has 11 heteroatoms. The van der Waals surface area contributed by atoms with Gasteiger partial charge in [0.25, 0.3) is 5.56 Å². The molecule has 2 aliphatic carbocycles. The summed E-state index contributed by atoms with van der Waals surface area (Å²) in [6, 6.07) is 4.57. The zero-order valence-corrected chi connectivity index (χ0v) is 21.2. The van der Waals surface area contributed by atoms with E-state index < -0.39 is 17.3 Å². The molecular formula is C25H27N5O5S. The summed E-state index contributed by atoms with van der Waals surface area (Å²) in [6.45, 7) is 5.25. The van der Waals surface area contributed by atoms with Gasteiger partial charge >= 0.3 is 11.8 Å². The van der Waals surface area contributed by atoms with E-state index in [1.54, 1.807) is 37.5 Å². The van der Waals surface area contributed by atoms with Gasteiger partial charge in [-0.05, 0) is 71.4 Å². The fourth-order valence-corrected chi connectivity index (χ4v) is 5.68. The summed E-state index contributed by atoms with van der Waals surface area (Å²) in [7, 11) is 0. The van der Waals surface area contributed by atoms with Crippen molar-refractivity contribution < 1.29 is 14.6 Å². The Labute approximate surface area is 209 Å². The Morgan fingerprint density at radius 1 is 1.06 bits per heavy atom. The van der Waals surface area contributed by atoms with Crippen molar-refractivity contribution >= 4 is 38.8 Å². The van der Waals surface area contributed by atoms with Crippen LogP contribution in [-0.2, 0) is 4.74 Å². The van der Waals surface area contributed by atoms with Crippen LogP contribution in [0.1, 0.15) is 71.4 Å². The third kappa shape index (κ3) is 3.56. The summed E-state index contributed by atoms with van der Waals surface area (Å²) >= 11 is 1.28. The molecule has 2 aliphatic rings. The number of thiazole rings is 1. The van der Waals surface area contributed by atoms with Crippen molar-refractivity contribution in [3.8, 4) is 16.6 Å². The van der Waals surface area contributed by atoms with Crippen LogP contribution in [0.25, 0.3) is 32.2 Å². The van der Waals surface area contributed by atoms with Gasteiger partial charge in [-0.15, -0.1) is 11.3 Å². The highest BCUT2D eigenvalue weighted by atomic mass is 32.1. The molecule has 0 radical (unpaired) electrons. The highest BCUT2D eigenvalue weighted by molar-refractivity contribution is 7.21. The quantitative estimate of drug-likeness (QED) is 0.429. The molecule has 2 saturated carbocycles. The molecule has 0 atom stereocenters. The van der Waals surface area contributed by atoms with E-state index in [4.69, 9.17) is 9.72 Å². The van der Waals surface area contributed by atoms with Crippen LogP contribution in [0.15, 0.2) is 27.8 Å². The molecule has 2 fully saturated rings. The number of nitrogens with zero attached hydrogens (tertiary/aromatic N) is 5. The predicted molar refractivity (Wildman–Crippen MR) is 136 cm³/mol. The minimum absolute atomic E-state index is 0.0414. The first-order valence-corrected chi connectivity index (χ1v) is 13.1. The van der Waals surface area contributed by atoms with E-state index in [-0.39, 0.29) is 40.5 Å². The van der Waals surface area contributed by atoms with Crippen LogP contribution < -0.4 is 11.2 Å².